The zero-order valence-electron chi connectivity index (χ0n) is 15.9. The molecule has 9 nitrogen and oxygen atoms in total. The Bertz CT molecular complexity index is 435. The van der Waals surface area contributed by atoms with E-state index in [0.29, 0.717) is 0 Å². The van der Waals surface area contributed by atoms with Gasteiger partial charge in [-0.15, -0.1) is 0 Å². The van der Waals surface area contributed by atoms with Gasteiger partial charge in [0.25, 0.3) is 0 Å². The zero-order valence-corrected chi connectivity index (χ0v) is 17.9. The van der Waals surface area contributed by atoms with Crippen molar-refractivity contribution in [2.24, 2.45) is 0 Å². The molecule has 0 radical (unpaired) electrons. The maximum Gasteiger partial charge on any atom is 0.219 e. The quantitative estimate of drug-likeness (QED) is 0.361. The minimum absolute atomic E-state index is 0.0843. The number of carbonyl (C=O) groups is 4. The van der Waals surface area contributed by atoms with Gasteiger partial charge in [0.2, 0.25) is 23.6 Å². The van der Waals surface area contributed by atoms with E-state index >= 15 is 0 Å². The van der Waals surface area contributed by atoms with Gasteiger partial charge in [-0.05, 0) is 13.1 Å². The minimum Gasteiger partial charge on any atom is -0.454 e. The third kappa shape index (κ3) is 8.79. The van der Waals surface area contributed by atoms with Crippen LogP contribution in [0.15, 0.2) is 0 Å². The maximum absolute atomic E-state index is 11.9. The largest absolute Gasteiger partial charge is 0.454 e. The summed E-state index contributed by atoms with van der Waals surface area (Å²) in [4.78, 5) is 47.6. The highest BCUT2D eigenvalue weighted by Crippen LogP contribution is 2.28. The highest BCUT2D eigenvalue weighted by Gasteiger charge is 2.44. The van der Waals surface area contributed by atoms with Crippen molar-refractivity contribution in [3.05, 3.63) is 0 Å². The summed E-state index contributed by atoms with van der Waals surface area (Å²) in [5, 5.41) is 10.2. The van der Waals surface area contributed by atoms with Gasteiger partial charge in [0.05, 0.1) is 0 Å². The third-order valence-corrected chi connectivity index (χ3v) is 12.0. The van der Waals surface area contributed by atoms with E-state index in [-0.39, 0.29) is 47.8 Å². The van der Waals surface area contributed by atoms with E-state index < -0.39 is 16.6 Å². The molecule has 0 aromatic carbocycles. The summed E-state index contributed by atoms with van der Waals surface area (Å²) in [6, 6.07) is 0.337. The Morgan fingerprint density at radius 3 is 0.960 bits per heavy atom. The first-order valence-corrected chi connectivity index (χ1v) is 13.7. The molecule has 0 aliphatic rings. The van der Waals surface area contributed by atoms with Crippen molar-refractivity contribution >= 4 is 40.3 Å². The molecule has 0 aromatic heterocycles. The first kappa shape index (κ1) is 23.3. The topological polar surface area (TPSA) is 126 Å². The molecule has 0 aliphatic carbocycles. The summed E-state index contributed by atoms with van der Waals surface area (Å²) in [5.41, 5.74) is 0. The van der Waals surface area contributed by atoms with Gasteiger partial charge in [-0.1, -0.05) is 0 Å². The predicted molar refractivity (Wildman–Crippen MR) is 99.8 cm³/mol. The van der Waals surface area contributed by atoms with Crippen LogP contribution in [0.25, 0.3) is 0 Å². The van der Waals surface area contributed by atoms with Crippen molar-refractivity contribution in [2.45, 2.75) is 37.3 Å². The van der Waals surface area contributed by atoms with E-state index in [1.54, 1.807) is 13.1 Å². The Labute approximate surface area is 150 Å². The smallest absolute Gasteiger partial charge is 0.219 e. The lowest BCUT2D eigenvalue weighted by Gasteiger charge is -2.37. The number of carbonyl (C=O) groups excluding carboxylic acids is 4. The van der Waals surface area contributed by atoms with Gasteiger partial charge in [0, 0.05) is 52.4 Å². The zero-order chi connectivity index (χ0) is 19.7. The fourth-order valence-electron chi connectivity index (χ4n) is 2.58. The van der Waals surface area contributed by atoms with Crippen LogP contribution in [-0.4, -0.2) is 68.5 Å². The van der Waals surface area contributed by atoms with Crippen molar-refractivity contribution in [1.29, 1.82) is 0 Å². The first-order chi connectivity index (χ1) is 11.5. The fraction of sp³-hybridized carbons (Fsp3) is 0.714. The summed E-state index contributed by atoms with van der Waals surface area (Å²) in [6.45, 7) is 3.58. The summed E-state index contributed by atoms with van der Waals surface area (Å²) >= 11 is 0. The van der Waals surface area contributed by atoms with Crippen LogP contribution in [0, 0.1) is 0 Å². The molecule has 0 bridgehead atoms. The Hall–Kier alpha value is -1.73. The van der Waals surface area contributed by atoms with Crippen molar-refractivity contribution < 1.29 is 23.3 Å². The van der Waals surface area contributed by atoms with Gasteiger partial charge >= 0.3 is 0 Å². The van der Waals surface area contributed by atoms with E-state index in [9.17, 15) is 19.2 Å². The molecule has 0 saturated carbocycles. The molecule has 4 amide bonds. The molecule has 0 aliphatic heterocycles. The van der Waals surface area contributed by atoms with E-state index in [2.05, 4.69) is 21.3 Å². The second kappa shape index (κ2) is 10.3. The van der Waals surface area contributed by atoms with E-state index in [4.69, 9.17) is 4.12 Å². The van der Waals surface area contributed by atoms with Crippen LogP contribution >= 0.6 is 0 Å². The number of amides is 4. The predicted octanol–water partition coefficient (Wildman–Crippen LogP) is -0.862. The molecule has 25 heavy (non-hydrogen) atoms. The molecule has 4 N–H and O–H groups in total. The SMILES string of the molecule is CNC(=O)C[Si](C)(CC(=O)NC)O[Si](C)(CC(=O)NC)CC(=O)NC. The van der Waals surface area contributed by atoms with Crippen LogP contribution in [0.4, 0.5) is 0 Å². The Kier molecular flexibility index (Phi) is 9.60. The summed E-state index contributed by atoms with van der Waals surface area (Å²) in [6.07, 6.45) is 0. The maximum atomic E-state index is 11.9. The third-order valence-electron chi connectivity index (χ3n) is 3.75. The van der Waals surface area contributed by atoms with Gasteiger partial charge < -0.3 is 25.4 Å². The molecule has 11 heteroatoms. The van der Waals surface area contributed by atoms with Gasteiger partial charge in [0.1, 0.15) is 0 Å². The van der Waals surface area contributed by atoms with Crippen molar-refractivity contribution in [1.82, 2.24) is 21.3 Å². The molecule has 0 saturated heterocycles. The van der Waals surface area contributed by atoms with Crippen LogP contribution < -0.4 is 21.3 Å². The number of hydrogen-bond acceptors (Lipinski definition) is 5. The van der Waals surface area contributed by atoms with E-state index in [1.165, 1.54) is 28.2 Å². The van der Waals surface area contributed by atoms with Crippen molar-refractivity contribution in [3.8, 4) is 0 Å². The highest BCUT2D eigenvalue weighted by atomic mass is 28.4. The lowest BCUT2D eigenvalue weighted by Crippen LogP contribution is -2.54. The van der Waals surface area contributed by atoms with Crippen LogP contribution in [0.2, 0.25) is 37.3 Å². The van der Waals surface area contributed by atoms with Crippen LogP contribution in [0.3, 0.4) is 0 Å². The van der Waals surface area contributed by atoms with Crippen LogP contribution in [0.1, 0.15) is 0 Å². The standard InChI is InChI=1S/C14H30N4O5Si2/c1-15-11(19)7-24(5,8-12(20)16-2)23-25(6,9-13(21)17-3)10-14(22)18-4/h7-10H2,1-6H3,(H,15,19)(H,16,20)(H,17,21)(H,18,22). The lowest BCUT2D eigenvalue weighted by molar-refractivity contribution is -0.120. The van der Waals surface area contributed by atoms with Crippen LogP contribution in [0.5, 0.6) is 0 Å². The Morgan fingerprint density at radius 1 is 0.600 bits per heavy atom. The number of rotatable bonds is 10. The second-order valence-corrected chi connectivity index (χ2v) is 14.4. The van der Waals surface area contributed by atoms with Gasteiger partial charge in [-0.25, -0.2) is 0 Å². The molecule has 0 rings (SSSR count). The Balaban J connectivity index is 5.60. The van der Waals surface area contributed by atoms with Crippen molar-refractivity contribution in [2.75, 3.05) is 28.2 Å². The molecule has 144 valence electrons. The summed E-state index contributed by atoms with van der Waals surface area (Å²) in [7, 11) is 0.397. The molecule has 0 spiro atoms. The minimum atomic E-state index is -2.83. The average Bonchev–Trinajstić information content (AvgIpc) is 2.52. The second-order valence-electron chi connectivity index (χ2n) is 6.40. The molecule has 0 atom stereocenters. The number of hydrogen-bond donors (Lipinski definition) is 4. The van der Waals surface area contributed by atoms with Crippen molar-refractivity contribution in [3.63, 3.8) is 0 Å². The molecule has 0 heterocycles. The van der Waals surface area contributed by atoms with Crippen LogP contribution in [-0.2, 0) is 23.3 Å². The van der Waals surface area contributed by atoms with E-state index in [1.807, 2.05) is 0 Å². The van der Waals surface area contributed by atoms with E-state index in [0.717, 1.165) is 0 Å². The van der Waals surface area contributed by atoms with Gasteiger partial charge in [-0.2, -0.15) is 0 Å². The molecule has 0 aromatic rings. The Morgan fingerprint density at radius 2 is 0.800 bits per heavy atom. The number of nitrogens with one attached hydrogen (secondary N) is 4. The fourth-order valence-corrected chi connectivity index (χ4v) is 12.2. The lowest BCUT2D eigenvalue weighted by atomic mass is 10.7. The molecule has 0 unspecified atom stereocenters. The molecular formula is C14H30N4O5Si2. The van der Waals surface area contributed by atoms with Gasteiger partial charge in [-0.3, -0.25) is 19.2 Å². The molecule has 0 fully saturated rings. The van der Waals surface area contributed by atoms with Gasteiger partial charge in [0.15, 0.2) is 16.6 Å². The first-order valence-electron chi connectivity index (χ1n) is 8.05. The highest BCUT2D eigenvalue weighted by molar-refractivity contribution is 6.90. The summed E-state index contributed by atoms with van der Waals surface area (Å²) in [5.74, 6) is -0.910. The molecular weight excluding hydrogens is 360 g/mol. The average molecular weight is 391 g/mol. The summed E-state index contributed by atoms with van der Waals surface area (Å²) < 4.78 is 6.35. The monoisotopic (exact) mass is 390 g/mol. The normalized spacial score (nSPS) is 11.4.